The van der Waals surface area contributed by atoms with Crippen molar-refractivity contribution in [2.24, 2.45) is 4.99 Å². The number of nitrogens with one attached hydrogen (secondary N) is 1. The van der Waals surface area contributed by atoms with E-state index in [0.717, 1.165) is 6.26 Å². The third kappa shape index (κ3) is 2.62. The van der Waals surface area contributed by atoms with E-state index in [2.05, 4.69) is 10.4 Å². The minimum Gasteiger partial charge on any atom is -0.462 e. The molecule has 0 aromatic carbocycles. The average Bonchev–Trinajstić information content (AvgIpc) is 2.70. The molecule has 2 rings (SSSR count). The van der Waals surface area contributed by atoms with Gasteiger partial charge >= 0.3 is 5.97 Å². The van der Waals surface area contributed by atoms with Crippen molar-refractivity contribution in [2.45, 2.75) is 20.0 Å². The molecule has 0 spiro atoms. The van der Waals surface area contributed by atoms with Gasteiger partial charge in [0.1, 0.15) is 0 Å². The van der Waals surface area contributed by atoms with Crippen LogP contribution >= 0.6 is 0 Å². The molecule has 0 bridgehead atoms. The van der Waals surface area contributed by atoms with Gasteiger partial charge in [0.15, 0.2) is 6.17 Å². The number of amidine groups is 1. The summed E-state index contributed by atoms with van der Waals surface area (Å²) in [5.41, 5.74) is 3.74. The molecule has 1 N–H and O–H groups in total. The molecule has 0 aromatic heterocycles. The monoisotopic (exact) mass is 285 g/mol. The Hall–Kier alpha value is -1.83. The fourth-order valence-electron chi connectivity index (χ4n) is 1.77. The normalized spacial score (nSPS) is 21.9. The smallest absolute Gasteiger partial charge is 0.339 e. The lowest BCUT2D eigenvalue weighted by atomic mass is 10.1. The van der Waals surface area contributed by atoms with E-state index in [1.54, 1.807) is 19.9 Å². The van der Waals surface area contributed by atoms with Crippen LogP contribution < -0.4 is 5.43 Å². The van der Waals surface area contributed by atoms with Gasteiger partial charge in [0, 0.05) is 12.5 Å². The third-order valence-electron chi connectivity index (χ3n) is 2.70. The molecular formula is C11H15N3O4S. The quantitative estimate of drug-likeness (QED) is 0.715. The molecular weight excluding hydrogens is 270 g/mol. The maximum atomic E-state index is 11.7. The topological polar surface area (TPSA) is 88.1 Å². The van der Waals surface area contributed by atoms with Crippen LogP contribution in [-0.2, 0) is 19.4 Å². The van der Waals surface area contributed by atoms with Crippen molar-refractivity contribution in [3.8, 4) is 0 Å². The minimum absolute atomic E-state index is 0.108. The number of aliphatic imine (C=N–C) groups is 1. The van der Waals surface area contributed by atoms with E-state index >= 15 is 0 Å². The molecule has 0 aliphatic carbocycles. The zero-order chi connectivity index (χ0) is 14.2. The number of ether oxygens (including phenoxy) is 1. The number of carbonyl (C=O) groups excluding carboxylic acids is 1. The second kappa shape index (κ2) is 4.69. The largest absolute Gasteiger partial charge is 0.462 e. The molecule has 0 unspecified atom stereocenters. The van der Waals surface area contributed by atoms with Crippen LogP contribution in [0.2, 0.25) is 0 Å². The second-order valence-corrected chi connectivity index (χ2v) is 6.18. The molecule has 2 aliphatic heterocycles. The summed E-state index contributed by atoms with van der Waals surface area (Å²) in [4.78, 5) is 15.8. The lowest BCUT2D eigenvalue weighted by Crippen LogP contribution is -2.40. The predicted octanol–water partition coefficient (Wildman–Crippen LogP) is -0.0598. The van der Waals surface area contributed by atoms with Gasteiger partial charge in [0.25, 0.3) is 0 Å². The van der Waals surface area contributed by atoms with Gasteiger partial charge in [-0.3, -0.25) is 10.4 Å². The Morgan fingerprint density at radius 1 is 1.58 bits per heavy atom. The summed E-state index contributed by atoms with van der Waals surface area (Å²) < 4.78 is 27.8. The molecule has 0 aromatic rings. The zero-order valence-electron chi connectivity index (χ0n) is 10.9. The van der Waals surface area contributed by atoms with Gasteiger partial charge < -0.3 is 4.74 Å². The van der Waals surface area contributed by atoms with Gasteiger partial charge in [-0.2, -0.15) is 0 Å². The maximum Gasteiger partial charge on any atom is 0.339 e. The Morgan fingerprint density at radius 3 is 2.84 bits per heavy atom. The third-order valence-corrected chi connectivity index (χ3v) is 3.60. The molecule has 2 heterocycles. The Bertz CT molecular complexity index is 603. The first kappa shape index (κ1) is 13.6. The lowest BCUT2D eigenvalue weighted by molar-refractivity contribution is -0.138. The molecule has 7 nitrogen and oxygen atoms in total. The second-order valence-electron chi connectivity index (χ2n) is 4.25. The fourth-order valence-corrected chi connectivity index (χ4v) is 2.34. The Balaban J connectivity index is 2.27. The number of esters is 1. The van der Waals surface area contributed by atoms with Crippen molar-refractivity contribution < 1.29 is 17.9 Å². The van der Waals surface area contributed by atoms with Crippen molar-refractivity contribution in [1.29, 1.82) is 0 Å². The van der Waals surface area contributed by atoms with E-state index in [-0.39, 0.29) is 11.8 Å². The number of hydrazine groups is 1. The van der Waals surface area contributed by atoms with Crippen molar-refractivity contribution in [2.75, 3.05) is 12.9 Å². The van der Waals surface area contributed by atoms with Gasteiger partial charge in [-0.05, 0) is 25.5 Å². The van der Waals surface area contributed by atoms with Gasteiger partial charge in [-0.25, -0.2) is 18.2 Å². The molecule has 0 fully saturated rings. The predicted molar refractivity (Wildman–Crippen MR) is 69.5 cm³/mol. The van der Waals surface area contributed by atoms with Crippen LogP contribution in [0.4, 0.5) is 0 Å². The summed E-state index contributed by atoms with van der Waals surface area (Å²) in [5.74, 6) is -0.440. The van der Waals surface area contributed by atoms with E-state index in [0.29, 0.717) is 11.1 Å². The summed E-state index contributed by atoms with van der Waals surface area (Å²) in [6.07, 6.45) is 3.84. The highest BCUT2D eigenvalue weighted by Gasteiger charge is 2.32. The van der Waals surface area contributed by atoms with E-state index in [1.165, 1.54) is 11.2 Å². The summed E-state index contributed by atoms with van der Waals surface area (Å²) in [5, 5.41) is 1.36. The van der Waals surface area contributed by atoms with E-state index < -0.39 is 22.0 Å². The van der Waals surface area contributed by atoms with Crippen LogP contribution in [0, 0.1) is 0 Å². The first-order valence-corrected chi connectivity index (χ1v) is 7.62. The Morgan fingerprint density at radius 2 is 2.26 bits per heavy atom. The summed E-state index contributed by atoms with van der Waals surface area (Å²) in [6.45, 7) is 3.77. The molecule has 8 heteroatoms. The van der Waals surface area contributed by atoms with Gasteiger partial charge in [-0.15, -0.1) is 0 Å². The van der Waals surface area contributed by atoms with Crippen molar-refractivity contribution in [3.63, 3.8) is 0 Å². The fraction of sp³-hybridized carbons (Fsp3) is 0.455. The van der Waals surface area contributed by atoms with Crippen LogP contribution in [0.15, 0.2) is 28.4 Å². The molecule has 0 radical (unpaired) electrons. The minimum atomic E-state index is -3.40. The zero-order valence-corrected chi connectivity index (χ0v) is 11.7. The number of carbonyl (C=O) groups is 1. The average molecular weight is 285 g/mol. The van der Waals surface area contributed by atoms with Crippen molar-refractivity contribution >= 4 is 21.0 Å². The van der Waals surface area contributed by atoms with Gasteiger partial charge in [0.05, 0.1) is 12.2 Å². The van der Waals surface area contributed by atoms with Crippen LogP contribution in [0.1, 0.15) is 13.8 Å². The van der Waals surface area contributed by atoms with Crippen LogP contribution in [0.25, 0.3) is 0 Å². The molecule has 2 aliphatic rings. The summed E-state index contributed by atoms with van der Waals surface area (Å²) in [7, 11) is -3.40. The summed E-state index contributed by atoms with van der Waals surface area (Å²) >= 11 is 0. The van der Waals surface area contributed by atoms with Gasteiger partial charge in [-0.1, -0.05) is 0 Å². The van der Waals surface area contributed by atoms with Crippen LogP contribution in [0.3, 0.4) is 0 Å². The molecule has 0 saturated heterocycles. The van der Waals surface area contributed by atoms with Crippen molar-refractivity contribution in [3.05, 3.63) is 23.4 Å². The number of sulfone groups is 1. The molecule has 0 amide bonds. The number of fused-ring (bicyclic) bond motifs is 1. The highest BCUT2D eigenvalue weighted by Crippen LogP contribution is 2.24. The van der Waals surface area contributed by atoms with E-state index in [1.807, 2.05) is 0 Å². The van der Waals surface area contributed by atoms with E-state index in [9.17, 15) is 13.2 Å². The number of hydrogen-bond acceptors (Lipinski definition) is 7. The highest BCUT2D eigenvalue weighted by molar-refractivity contribution is 8.05. The number of nitrogens with zero attached hydrogens (tertiary/aromatic N) is 2. The van der Waals surface area contributed by atoms with Crippen molar-refractivity contribution in [1.82, 2.24) is 10.4 Å². The number of rotatable bonds is 2. The lowest BCUT2D eigenvalue weighted by Gasteiger charge is -2.25. The highest BCUT2D eigenvalue weighted by atomic mass is 32.2. The molecule has 0 saturated carbocycles. The van der Waals surface area contributed by atoms with E-state index in [4.69, 9.17) is 4.74 Å². The standard InChI is InChI=1S/C11H15N3O4S/c1-4-18-10(15)8-6-14-9(5-7(8)2)12-11(13-14)19(3,16)17/h5-6,9H,4H2,1-3H3,(H,12,13)/t9-/m0/s1. The summed E-state index contributed by atoms with van der Waals surface area (Å²) in [6, 6.07) is 0. The maximum absolute atomic E-state index is 11.7. The van der Waals surface area contributed by atoms with Crippen LogP contribution in [-0.4, -0.2) is 43.6 Å². The number of hydrogen-bond donors (Lipinski definition) is 1. The van der Waals surface area contributed by atoms with Crippen LogP contribution in [0.5, 0.6) is 0 Å². The molecule has 104 valence electrons. The first-order valence-electron chi connectivity index (χ1n) is 5.73. The molecule has 19 heavy (non-hydrogen) atoms. The Labute approximate surface area is 111 Å². The SMILES string of the molecule is CCOC(=O)C1=CN2NC(S(C)(=O)=O)=N[C@@H]2C=C1C. The first-order chi connectivity index (χ1) is 8.82. The van der Waals surface area contributed by atoms with Gasteiger partial charge in [0.2, 0.25) is 15.0 Å². The Kier molecular flexibility index (Phi) is 3.36. The molecule has 1 atom stereocenters.